The Kier molecular flexibility index (Phi) is 5.81. The number of rotatable bonds is 6. The number of hydrogen-bond acceptors (Lipinski definition) is 4. The monoisotopic (exact) mass is 307 g/mol. The van der Waals surface area contributed by atoms with E-state index in [1.165, 1.54) is 5.56 Å². The van der Waals surface area contributed by atoms with Crippen LogP contribution >= 0.6 is 0 Å². The number of carboxylic acids is 1. The molecule has 1 saturated carbocycles. The summed E-state index contributed by atoms with van der Waals surface area (Å²) >= 11 is 0. The van der Waals surface area contributed by atoms with E-state index >= 15 is 0 Å². The predicted molar refractivity (Wildman–Crippen MR) is 76.2 cm³/mol. The molecule has 1 N–H and O–H groups in total. The van der Waals surface area contributed by atoms with Crippen LogP contribution in [0, 0.1) is 5.92 Å². The smallest absolute Gasteiger partial charge is 0.548 e. The van der Waals surface area contributed by atoms with Gasteiger partial charge in [-0.25, -0.2) is 0 Å². The fourth-order valence-electron chi connectivity index (χ4n) is 2.83. The molecule has 3 rings (SSSR count). The van der Waals surface area contributed by atoms with Crippen LogP contribution in [0.25, 0.3) is 0 Å². The molecule has 1 aliphatic rings. The van der Waals surface area contributed by atoms with Gasteiger partial charge in [0.1, 0.15) is 0 Å². The van der Waals surface area contributed by atoms with Gasteiger partial charge in [0.2, 0.25) is 0 Å². The van der Waals surface area contributed by atoms with E-state index in [9.17, 15) is 9.90 Å². The van der Waals surface area contributed by atoms with Crippen molar-refractivity contribution in [1.82, 2.24) is 15.1 Å². The Labute approximate surface area is 152 Å². The maximum Gasteiger partial charge on any atom is 1.00 e. The molecule has 3 atom stereocenters. The van der Waals surface area contributed by atoms with Gasteiger partial charge in [-0.1, -0.05) is 30.3 Å². The number of carbonyl (C=O) groups is 1. The molecule has 6 heteroatoms. The van der Waals surface area contributed by atoms with E-state index in [1.54, 1.807) is 24.0 Å². The average molecular weight is 307 g/mol. The van der Waals surface area contributed by atoms with Crippen molar-refractivity contribution in [2.45, 2.75) is 18.4 Å². The number of aliphatic carboxylic acids is 1. The van der Waals surface area contributed by atoms with Gasteiger partial charge >= 0.3 is 29.6 Å². The number of aryl methyl sites for hydroxylation is 1. The SMILES string of the molecule is Cn1nccc1C(NC[C@@H]1C[C@H]1c1ccccc1)C(=O)[O-].[Na+]. The average Bonchev–Trinajstić information content (AvgIpc) is 3.14. The third-order valence-electron chi connectivity index (χ3n) is 4.12. The van der Waals surface area contributed by atoms with Gasteiger partial charge in [-0.2, -0.15) is 5.10 Å². The standard InChI is InChI=1S/C16H19N3O2.Na/c1-19-14(7-8-18-19)15(16(20)21)17-10-12-9-13(12)11-5-3-2-4-6-11;/h2-8,12-13,15,17H,9-10H2,1H3,(H,20,21);/q;+1/p-1/t12-,13-,15?;/m0./s1. The van der Waals surface area contributed by atoms with Crippen molar-refractivity contribution in [3.05, 3.63) is 53.9 Å². The minimum Gasteiger partial charge on any atom is -0.548 e. The van der Waals surface area contributed by atoms with Gasteiger partial charge < -0.3 is 15.2 Å². The van der Waals surface area contributed by atoms with Crippen molar-refractivity contribution in [2.24, 2.45) is 13.0 Å². The summed E-state index contributed by atoms with van der Waals surface area (Å²) < 4.78 is 1.56. The molecule has 2 aromatic rings. The molecule has 22 heavy (non-hydrogen) atoms. The van der Waals surface area contributed by atoms with Crippen LogP contribution in [0.2, 0.25) is 0 Å². The van der Waals surface area contributed by atoms with Crippen LogP contribution in [0.3, 0.4) is 0 Å². The molecule has 0 amide bonds. The van der Waals surface area contributed by atoms with Gasteiger partial charge in [0.05, 0.1) is 17.7 Å². The molecule has 1 heterocycles. The summed E-state index contributed by atoms with van der Waals surface area (Å²) in [4.78, 5) is 11.3. The number of aromatic nitrogens is 2. The molecule has 110 valence electrons. The molecule has 1 aliphatic carbocycles. The molecule has 1 aromatic heterocycles. The van der Waals surface area contributed by atoms with Gasteiger partial charge in [0.25, 0.3) is 0 Å². The molecule has 1 unspecified atom stereocenters. The van der Waals surface area contributed by atoms with E-state index < -0.39 is 12.0 Å². The van der Waals surface area contributed by atoms with Crippen molar-refractivity contribution < 1.29 is 39.5 Å². The van der Waals surface area contributed by atoms with Gasteiger partial charge in [-0.3, -0.25) is 4.68 Å². The van der Waals surface area contributed by atoms with Crippen LogP contribution in [0.4, 0.5) is 0 Å². The topological polar surface area (TPSA) is 70.0 Å². The number of carboxylic acid groups (broad SMARTS) is 1. The minimum atomic E-state index is -1.12. The van der Waals surface area contributed by atoms with Crippen molar-refractivity contribution in [3.63, 3.8) is 0 Å². The number of nitrogens with one attached hydrogen (secondary N) is 1. The third-order valence-corrected chi connectivity index (χ3v) is 4.12. The van der Waals surface area contributed by atoms with E-state index in [1.807, 2.05) is 18.2 Å². The Hall–Kier alpha value is -1.14. The Balaban J connectivity index is 0.00000176. The molecule has 1 fully saturated rings. The first-order valence-electron chi connectivity index (χ1n) is 7.14. The molecule has 0 aliphatic heterocycles. The zero-order chi connectivity index (χ0) is 14.8. The van der Waals surface area contributed by atoms with E-state index in [4.69, 9.17) is 0 Å². The summed E-state index contributed by atoms with van der Waals surface area (Å²) in [5, 5.41) is 18.4. The van der Waals surface area contributed by atoms with Gasteiger partial charge in [0, 0.05) is 13.2 Å². The number of carbonyl (C=O) groups excluding carboxylic acids is 1. The van der Waals surface area contributed by atoms with E-state index in [-0.39, 0.29) is 29.6 Å². The third kappa shape index (κ3) is 3.79. The molecular weight excluding hydrogens is 289 g/mol. The van der Waals surface area contributed by atoms with Gasteiger partial charge in [0.15, 0.2) is 0 Å². The molecule has 1 aromatic carbocycles. The van der Waals surface area contributed by atoms with Crippen LogP contribution in [-0.2, 0) is 11.8 Å². The Bertz CT molecular complexity index is 629. The summed E-state index contributed by atoms with van der Waals surface area (Å²) in [5.41, 5.74) is 1.95. The molecule has 5 nitrogen and oxygen atoms in total. The summed E-state index contributed by atoms with van der Waals surface area (Å²) in [6.07, 6.45) is 2.69. The maximum absolute atomic E-state index is 11.3. The van der Waals surface area contributed by atoms with Crippen LogP contribution in [-0.4, -0.2) is 22.3 Å². The van der Waals surface area contributed by atoms with Crippen LogP contribution in [0.5, 0.6) is 0 Å². The zero-order valence-corrected chi connectivity index (χ0v) is 14.9. The molecule has 0 radical (unpaired) electrons. The van der Waals surface area contributed by atoms with Crippen LogP contribution < -0.4 is 40.0 Å². The normalized spacial score (nSPS) is 21.0. The largest absolute Gasteiger partial charge is 1.00 e. The second kappa shape index (κ2) is 7.42. The quantitative estimate of drug-likeness (QED) is 0.605. The number of hydrogen-bond donors (Lipinski definition) is 1. The van der Waals surface area contributed by atoms with E-state index in [2.05, 4.69) is 22.5 Å². The first kappa shape index (κ1) is 17.2. The summed E-state index contributed by atoms with van der Waals surface area (Å²) in [6.45, 7) is 0.670. The van der Waals surface area contributed by atoms with Crippen molar-refractivity contribution in [2.75, 3.05) is 6.54 Å². The van der Waals surface area contributed by atoms with Crippen molar-refractivity contribution >= 4 is 5.97 Å². The molecule has 0 bridgehead atoms. The molecule has 0 saturated heterocycles. The fraction of sp³-hybridized carbons (Fsp3) is 0.375. The first-order chi connectivity index (χ1) is 10.2. The molecule has 0 spiro atoms. The minimum absolute atomic E-state index is 0. The second-order valence-corrected chi connectivity index (χ2v) is 5.55. The summed E-state index contributed by atoms with van der Waals surface area (Å²) in [5.74, 6) is -0.0920. The zero-order valence-electron chi connectivity index (χ0n) is 12.9. The van der Waals surface area contributed by atoms with Crippen LogP contribution in [0.15, 0.2) is 42.6 Å². The number of benzene rings is 1. The van der Waals surface area contributed by atoms with E-state index in [0.29, 0.717) is 24.1 Å². The van der Waals surface area contributed by atoms with Crippen molar-refractivity contribution in [3.8, 4) is 0 Å². The second-order valence-electron chi connectivity index (χ2n) is 5.55. The van der Waals surface area contributed by atoms with E-state index in [0.717, 1.165) is 6.42 Å². The summed E-state index contributed by atoms with van der Waals surface area (Å²) in [6, 6.07) is 11.2. The Morgan fingerprint density at radius 2 is 2.14 bits per heavy atom. The van der Waals surface area contributed by atoms with Crippen LogP contribution in [0.1, 0.15) is 29.6 Å². The predicted octanol–water partition coefficient (Wildman–Crippen LogP) is -2.39. The Morgan fingerprint density at radius 1 is 1.41 bits per heavy atom. The van der Waals surface area contributed by atoms with Gasteiger partial charge in [-0.15, -0.1) is 0 Å². The molecular formula is C16H18N3NaO2. The Morgan fingerprint density at radius 3 is 2.73 bits per heavy atom. The van der Waals surface area contributed by atoms with Gasteiger partial charge in [-0.05, 0) is 36.4 Å². The fourth-order valence-corrected chi connectivity index (χ4v) is 2.83. The summed E-state index contributed by atoms with van der Waals surface area (Å²) in [7, 11) is 1.73. The maximum atomic E-state index is 11.3. The first-order valence-corrected chi connectivity index (χ1v) is 7.14. The van der Waals surface area contributed by atoms with Crippen molar-refractivity contribution in [1.29, 1.82) is 0 Å². The number of nitrogens with zero attached hydrogens (tertiary/aromatic N) is 2.